The molecule has 1 N–H and O–H groups in total. The van der Waals surface area contributed by atoms with Crippen molar-refractivity contribution in [3.8, 4) is 0 Å². The van der Waals surface area contributed by atoms with Gasteiger partial charge in [-0.05, 0) is 37.1 Å². The predicted octanol–water partition coefficient (Wildman–Crippen LogP) is 3.25. The second-order valence-electron chi connectivity index (χ2n) is 6.51. The van der Waals surface area contributed by atoms with Gasteiger partial charge in [-0.15, -0.1) is 0 Å². The molecule has 0 spiro atoms. The quantitative estimate of drug-likeness (QED) is 0.927. The van der Waals surface area contributed by atoms with E-state index in [4.69, 9.17) is 16.6 Å². The highest BCUT2D eigenvalue weighted by Crippen LogP contribution is 2.26. The van der Waals surface area contributed by atoms with Gasteiger partial charge < -0.3 is 10.0 Å². The summed E-state index contributed by atoms with van der Waals surface area (Å²) in [7, 11) is 2.03. The summed E-state index contributed by atoms with van der Waals surface area (Å²) in [6, 6.07) is 12.3. The lowest BCUT2D eigenvalue weighted by Gasteiger charge is -2.35. The van der Waals surface area contributed by atoms with Crippen molar-refractivity contribution >= 4 is 17.4 Å². The molecular formula is C19H24ClN3O. The maximum Gasteiger partial charge on any atom is 0.133 e. The first-order valence-electron chi connectivity index (χ1n) is 8.34. The van der Waals surface area contributed by atoms with Gasteiger partial charge in [0.15, 0.2) is 0 Å². The molecule has 1 aromatic carbocycles. The lowest BCUT2D eigenvalue weighted by Crippen LogP contribution is -2.41. The van der Waals surface area contributed by atoms with Crippen molar-refractivity contribution in [3.63, 3.8) is 0 Å². The van der Waals surface area contributed by atoms with Crippen LogP contribution in [-0.2, 0) is 13.1 Å². The van der Waals surface area contributed by atoms with Crippen molar-refractivity contribution in [1.82, 2.24) is 9.88 Å². The predicted molar refractivity (Wildman–Crippen MR) is 98.4 cm³/mol. The van der Waals surface area contributed by atoms with Crippen molar-refractivity contribution in [1.29, 1.82) is 0 Å². The molecule has 5 heteroatoms. The van der Waals surface area contributed by atoms with Gasteiger partial charge in [-0.25, -0.2) is 4.98 Å². The summed E-state index contributed by atoms with van der Waals surface area (Å²) >= 11 is 6.12. The molecule has 0 amide bonds. The summed E-state index contributed by atoms with van der Waals surface area (Å²) < 4.78 is 0. The Labute approximate surface area is 148 Å². The normalized spacial score (nSPS) is 18.8. The second-order valence-corrected chi connectivity index (χ2v) is 6.95. The van der Waals surface area contributed by atoms with E-state index in [2.05, 4.69) is 28.0 Å². The number of nitrogens with zero attached hydrogens (tertiary/aromatic N) is 3. The second kappa shape index (κ2) is 7.51. The van der Waals surface area contributed by atoms with Crippen LogP contribution in [0.4, 0.5) is 5.82 Å². The van der Waals surface area contributed by atoms with E-state index >= 15 is 0 Å². The number of hydrogen-bond donors (Lipinski definition) is 1. The molecule has 2 aromatic rings. The standard InChI is InChI=1S/C19H24ClN3O/c1-14-6-7-16-12-23(11-15-4-3-5-17(20)10-15)9-8-18(13-24)22(2)19(16)21-14/h3-7,10,18,24H,8-9,11-13H2,1-2H3/t18-/m0/s1. The van der Waals surface area contributed by atoms with Crippen molar-refractivity contribution < 1.29 is 5.11 Å². The minimum absolute atomic E-state index is 0.0835. The van der Waals surface area contributed by atoms with E-state index in [0.29, 0.717) is 0 Å². The van der Waals surface area contributed by atoms with Gasteiger partial charge in [-0.1, -0.05) is 29.8 Å². The van der Waals surface area contributed by atoms with E-state index in [0.717, 1.165) is 42.6 Å². The monoisotopic (exact) mass is 345 g/mol. The largest absolute Gasteiger partial charge is 0.394 e. The lowest BCUT2D eigenvalue weighted by molar-refractivity contribution is 0.205. The molecule has 0 unspecified atom stereocenters. The van der Waals surface area contributed by atoms with Crippen LogP contribution in [0, 0.1) is 6.92 Å². The number of rotatable bonds is 3. The molecule has 3 rings (SSSR count). The molecule has 4 nitrogen and oxygen atoms in total. The van der Waals surface area contributed by atoms with Gasteiger partial charge in [-0.3, -0.25) is 4.90 Å². The molecule has 0 aliphatic carbocycles. The SMILES string of the molecule is Cc1ccc2c(n1)N(C)[C@H](CO)CCN(Cc1cccc(Cl)c1)C2. The van der Waals surface area contributed by atoms with Crippen molar-refractivity contribution in [2.75, 3.05) is 25.1 Å². The maximum atomic E-state index is 9.78. The molecule has 128 valence electrons. The van der Waals surface area contributed by atoms with Crippen LogP contribution in [-0.4, -0.2) is 41.2 Å². The zero-order valence-electron chi connectivity index (χ0n) is 14.2. The fourth-order valence-electron chi connectivity index (χ4n) is 3.26. The smallest absolute Gasteiger partial charge is 0.133 e. The number of aliphatic hydroxyl groups is 1. The van der Waals surface area contributed by atoms with Crippen molar-refractivity contribution in [2.24, 2.45) is 0 Å². The van der Waals surface area contributed by atoms with Gasteiger partial charge in [0.05, 0.1) is 12.6 Å². The number of anilines is 1. The Morgan fingerprint density at radius 2 is 2.12 bits per heavy atom. The molecule has 0 saturated heterocycles. The molecule has 2 heterocycles. The molecule has 1 aromatic heterocycles. The van der Waals surface area contributed by atoms with E-state index < -0.39 is 0 Å². The maximum absolute atomic E-state index is 9.78. The Kier molecular flexibility index (Phi) is 5.39. The van der Waals surface area contributed by atoms with Crippen LogP contribution in [0.25, 0.3) is 0 Å². The van der Waals surface area contributed by atoms with Crippen LogP contribution in [0.1, 0.15) is 23.2 Å². The highest BCUT2D eigenvalue weighted by molar-refractivity contribution is 6.30. The zero-order chi connectivity index (χ0) is 17.1. The molecule has 0 fully saturated rings. The molecule has 1 atom stereocenters. The molecule has 1 aliphatic rings. The lowest BCUT2D eigenvalue weighted by atomic mass is 10.1. The Hall–Kier alpha value is -1.62. The number of aliphatic hydroxyl groups excluding tert-OH is 1. The first kappa shape index (κ1) is 17.2. The third-order valence-corrected chi connectivity index (χ3v) is 4.89. The first-order valence-corrected chi connectivity index (χ1v) is 8.71. The average Bonchev–Trinajstić information content (AvgIpc) is 2.55. The third kappa shape index (κ3) is 3.89. The van der Waals surface area contributed by atoms with Crippen LogP contribution in [0.15, 0.2) is 36.4 Å². The van der Waals surface area contributed by atoms with Crippen LogP contribution >= 0.6 is 11.6 Å². The van der Waals surface area contributed by atoms with E-state index in [-0.39, 0.29) is 12.6 Å². The number of fused-ring (bicyclic) bond motifs is 1. The number of aromatic nitrogens is 1. The fourth-order valence-corrected chi connectivity index (χ4v) is 3.47. The molecule has 0 radical (unpaired) electrons. The van der Waals surface area contributed by atoms with Crippen LogP contribution in [0.2, 0.25) is 5.02 Å². The number of aryl methyl sites for hydroxylation is 1. The van der Waals surface area contributed by atoms with E-state index in [1.54, 1.807) is 0 Å². The Morgan fingerprint density at radius 3 is 2.88 bits per heavy atom. The van der Waals surface area contributed by atoms with Gasteiger partial charge in [0.2, 0.25) is 0 Å². The van der Waals surface area contributed by atoms with Crippen LogP contribution in [0.3, 0.4) is 0 Å². The van der Waals surface area contributed by atoms with Gasteiger partial charge in [0.25, 0.3) is 0 Å². The number of benzene rings is 1. The van der Waals surface area contributed by atoms with Crippen LogP contribution < -0.4 is 4.90 Å². The van der Waals surface area contributed by atoms with Crippen molar-refractivity contribution in [3.05, 3.63) is 58.2 Å². The minimum atomic E-state index is 0.0835. The molecular weight excluding hydrogens is 322 g/mol. The number of pyridine rings is 1. The number of halogens is 1. The molecule has 1 aliphatic heterocycles. The highest BCUT2D eigenvalue weighted by atomic mass is 35.5. The molecule has 0 saturated carbocycles. The summed E-state index contributed by atoms with van der Waals surface area (Å²) in [5, 5.41) is 10.5. The van der Waals surface area contributed by atoms with Gasteiger partial charge in [0, 0.05) is 43.0 Å². The number of likely N-dealkylation sites (N-methyl/N-ethyl adjacent to an activating group) is 1. The molecule has 0 bridgehead atoms. The van der Waals surface area contributed by atoms with Crippen molar-refractivity contribution in [2.45, 2.75) is 32.5 Å². The summed E-state index contributed by atoms with van der Waals surface area (Å²) in [5.41, 5.74) is 3.40. The van der Waals surface area contributed by atoms with E-state index in [1.807, 2.05) is 32.2 Å². The fraction of sp³-hybridized carbons (Fsp3) is 0.421. The number of hydrogen-bond acceptors (Lipinski definition) is 4. The van der Waals surface area contributed by atoms with E-state index in [1.165, 1.54) is 11.1 Å². The van der Waals surface area contributed by atoms with Crippen LogP contribution in [0.5, 0.6) is 0 Å². The summed E-state index contributed by atoms with van der Waals surface area (Å²) in [5.74, 6) is 0.977. The Morgan fingerprint density at radius 1 is 1.29 bits per heavy atom. The Balaban J connectivity index is 1.88. The minimum Gasteiger partial charge on any atom is -0.394 e. The van der Waals surface area contributed by atoms with Gasteiger partial charge >= 0.3 is 0 Å². The summed E-state index contributed by atoms with van der Waals surface area (Å²) in [6.07, 6.45) is 0.905. The van der Waals surface area contributed by atoms with Gasteiger partial charge in [0.1, 0.15) is 5.82 Å². The topological polar surface area (TPSA) is 39.6 Å². The molecule has 24 heavy (non-hydrogen) atoms. The van der Waals surface area contributed by atoms with Gasteiger partial charge in [-0.2, -0.15) is 0 Å². The Bertz CT molecular complexity index is 707. The highest BCUT2D eigenvalue weighted by Gasteiger charge is 2.24. The summed E-state index contributed by atoms with van der Waals surface area (Å²) in [4.78, 5) is 9.24. The third-order valence-electron chi connectivity index (χ3n) is 4.66. The first-order chi connectivity index (χ1) is 11.6. The average molecular weight is 346 g/mol. The zero-order valence-corrected chi connectivity index (χ0v) is 15.0. The van der Waals surface area contributed by atoms with E-state index in [9.17, 15) is 5.11 Å². The summed E-state index contributed by atoms with van der Waals surface area (Å²) in [6.45, 7) is 4.75.